The molecule has 0 fully saturated rings. The van der Waals surface area contributed by atoms with Gasteiger partial charge in [-0.15, -0.1) is 0 Å². The van der Waals surface area contributed by atoms with Gasteiger partial charge in [-0.05, 0) is 43.2 Å². The lowest BCUT2D eigenvalue weighted by molar-refractivity contribution is 0.0945. The van der Waals surface area contributed by atoms with Crippen molar-refractivity contribution in [2.45, 2.75) is 26.1 Å². The van der Waals surface area contributed by atoms with E-state index in [9.17, 15) is 4.79 Å². The molecule has 0 aliphatic rings. The summed E-state index contributed by atoms with van der Waals surface area (Å²) in [6.45, 7) is 2.66. The summed E-state index contributed by atoms with van der Waals surface area (Å²) in [7, 11) is 0. The molecule has 0 saturated heterocycles. The average Bonchev–Trinajstić information content (AvgIpc) is 2.54. The molecule has 116 valence electrons. The Labute approximate surface area is 130 Å². The molecule has 0 bridgehead atoms. The number of nitrogens with one attached hydrogen (secondary N) is 1. The summed E-state index contributed by atoms with van der Waals surface area (Å²) in [6, 6.07) is 17.0. The Morgan fingerprint density at radius 3 is 2.45 bits per heavy atom. The number of carbonyl (C=O) groups is 1. The monoisotopic (exact) mass is 299 g/mol. The van der Waals surface area contributed by atoms with E-state index in [2.05, 4.69) is 5.32 Å². The van der Waals surface area contributed by atoms with Crippen molar-refractivity contribution < 1.29 is 14.6 Å². The molecule has 0 aliphatic carbocycles. The number of hydrogen-bond acceptors (Lipinski definition) is 3. The van der Waals surface area contributed by atoms with Crippen LogP contribution in [0, 0.1) is 0 Å². The van der Waals surface area contributed by atoms with Crippen molar-refractivity contribution in [2.75, 3.05) is 6.54 Å². The van der Waals surface area contributed by atoms with Crippen molar-refractivity contribution in [3.8, 4) is 5.75 Å². The Hall–Kier alpha value is -2.33. The molecule has 0 aromatic heterocycles. The lowest BCUT2D eigenvalue weighted by Gasteiger charge is -2.09. The minimum absolute atomic E-state index is 0.143. The molecule has 2 aromatic carbocycles. The molecule has 2 N–H and O–H groups in total. The SMILES string of the molecule is CC(O)CCNC(=O)c1ccc(OCc2ccccc2)cc1. The highest BCUT2D eigenvalue weighted by Crippen LogP contribution is 2.14. The number of aliphatic hydroxyl groups is 1. The number of benzene rings is 2. The molecular weight excluding hydrogens is 278 g/mol. The molecule has 4 nitrogen and oxygen atoms in total. The summed E-state index contributed by atoms with van der Waals surface area (Å²) in [6.07, 6.45) is 0.137. The Balaban J connectivity index is 1.83. The Kier molecular flexibility index (Phi) is 5.98. The van der Waals surface area contributed by atoms with E-state index in [-0.39, 0.29) is 5.91 Å². The molecular formula is C18H21NO3. The maximum atomic E-state index is 11.9. The summed E-state index contributed by atoms with van der Waals surface area (Å²) < 4.78 is 5.67. The van der Waals surface area contributed by atoms with Crippen LogP contribution in [0.5, 0.6) is 5.75 Å². The topological polar surface area (TPSA) is 58.6 Å². The largest absolute Gasteiger partial charge is 0.489 e. The Morgan fingerprint density at radius 2 is 1.82 bits per heavy atom. The first-order valence-corrected chi connectivity index (χ1v) is 7.38. The Morgan fingerprint density at radius 1 is 1.14 bits per heavy atom. The maximum Gasteiger partial charge on any atom is 0.251 e. The van der Waals surface area contributed by atoms with Gasteiger partial charge in [-0.25, -0.2) is 0 Å². The van der Waals surface area contributed by atoms with Gasteiger partial charge in [-0.2, -0.15) is 0 Å². The van der Waals surface area contributed by atoms with Crippen molar-refractivity contribution in [3.05, 3.63) is 65.7 Å². The van der Waals surface area contributed by atoms with E-state index in [4.69, 9.17) is 9.84 Å². The molecule has 0 radical (unpaired) electrons. The second-order valence-corrected chi connectivity index (χ2v) is 5.19. The quantitative estimate of drug-likeness (QED) is 0.826. The number of amides is 1. The lowest BCUT2D eigenvalue weighted by Crippen LogP contribution is -2.26. The van der Waals surface area contributed by atoms with Gasteiger partial charge < -0.3 is 15.2 Å². The first-order valence-electron chi connectivity index (χ1n) is 7.38. The van der Waals surface area contributed by atoms with Crippen LogP contribution in [0.3, 0.4) is 0 Å². The summed E-state index contributed by atoms with van der Waals surface area (Å²) in [5.41, 5.74) is 1.68. The zero-order valence-corrected chi connectivity index (χ0v) is 12.7. The van der Waals surface area contributed by atoms with Crippen molar-refractivity contribution in [2.24, 2.45) is 0 Å². The minimum Gasteiger partial charge on any atom is -0.489 e. The highest BCUT2D eigenvalue weighted by Gasteiger charge is 2.06. The van der Waals surface area contributed by atoms with Gasteiger partial charge in [0.2, 0.25) is 0 Å². The fraction of sp³-hybridized carbons (Fsp3) is 0.278. The molecule has 1 unspecified atom stereocenters. The first-order chi connectivity index (χ1) is 10.6. The zero-order chi connectivity index (χ0) is 15.8. The van der Waals surface area contributed by atoms with Gasteiger partial charge in [0.05, 0.1) is 6.10 Å². The third-order valence-electron chi connectivity index (χ3n) is 3.21. The smallest absolute Gasteiger partial charge is 0.251 e. The van der Waals surface area contributed by atoms with Gasteiger partial charge in [-0.3, -0.25) is 4.79 Å². The highest BCUT2D eigenvalue weighted by atomic mass is 16.5. The van der Waals surface area contributed by atoms with Crippen LogP contribution in [0.1, 0.15) is 29.3 Å². The van der Waals surface area contributed by atoms with E-state index in [0.717, 1.165) is 11.3 Å². The average molecular weight is 299 g/mol. The van der Waals surface area contributed by atoms with Crippen LogP contribution in [-0.2, 0) is 6.61 Å². The predicted octanol–water partition coefficient (Wildman–Crippen LogP) is 2.77. The number of carbonyl (C=O) groups excluding carboxylic acids is 1. The maximum absolute atomic E-state index is 11.9. The van der Waals surface area contributed by atoms with Crippen molar-refractivity contribution in [1.82, 2.24) is 5.32 Å². The molecule has 0 heterocycles. The molecule has 1 atom stereocenters. The van der Waals surface area contributed by atoms with Gasteiger partial charge in [0.1, 0.15) is 12.4 Å². The number of hydrogen-bond donors (Lipinski definition) is 2. The van der Waals surface area contributed by atoms with Crippen LogP contribution in [0.25, 0.3) is 0 Å². The van der Waals surface area contributed by atoms with Crippen LogP contribution >= 0.6 is 0 Å². The van der Waals surface area contributed by atoms with Crippen LogP contribution in [0.2, 0.25) is 0 Å². The Bertz CT molecular complexity index is 579. The van der Waals surface area contributed by atoms with Crippen molar-refractivity contribution >= 4 is 5.91 Å². The summed E-state index contributed by atoms with van der Waals surface area (Å²) in [5.74, 6) is 0.583. The van der Waals surface area contributed by atoms with Gasteiger partial charge in [0.15, 0.2) is 0 Å². The first kappa shape index (κ1) is 16.0. The third-order valence-corrected chi connectivity index (χ3v) is 3.21. The molecule has 2 rings (SSSR count). The van der Waals surface area contributed by atoms with E-state index in [1.807, 2.05) is 30.3 Å². The summed E-state index contributed by atoms with van der Waals surface area (Å²) >= 11 is 0. The minimum atomic E-state index is -0.408. The van der Waals surface area contributed by atoms with Gasteiger partial charge in [0.25, 0.3) is 5.91 Å². The van der Waals surface area contributed by atoms with Crippen molar-refractivity contribution in [3.63, 3.8) is 0 Å². The van der Waals surface area contributed by atoms with Gasteiger partial charge in [-0.1, -0.05) is 30.3 Å². The predicted molar refractivity (Wildman–Crippen MR) is 85.8 cm³/mol. The molecule has 4 heteroatoms. The van der Waals surface area contributed by atoms with Crippen LogP contribution in [0.15, 0.2) is 54.6 Å². The van der Waals surface area contributed by atoms with Crippen LogP contribution in [-0.4, -0.2) is 23.7 Å². The van der Waals surface area contributed by atoms with E-state index >= 15 is 0 Å². The molecule has 2 aromatic rings. The summed E-state index contributed by atoms with van der Waals surface area (Å²) in [5, 5.41) is 11.9. The normalized spacial score (nSPS) is 11.7. The van der Waals surface area contributed by atoms with Gasteiger partial charge >= 0.3 is 0 Å². The molecule has 22 heavy (non-hydrogen) atoms. The highest BCUT2D eigenvalue weighted by molar-refractivity contribution is 5.94. The van der Waals surface area contributed by atoms with E-state index < -0.39 is 6.10 Å². The van der Waals surface area contributed by atoms with Crippen LogP contribution in [0.4, 0.5) is 0 Å². The zero-order valence-electron chi connectivity index (χ0n) is 12.7. The second kappa shape index (κ2) is 8.20. The second-order valence-electron chi connectivity index (χ2n) is 5.19. The molecule has 0 spiro atoms. The van der Waals surface area contributed by atoms with Crippen LogP contribution < -0.4 is 10.1 Å². The summed E-state index contributed by atoms with van der Waals surface area (Å²) in [4.78, 5) is 11.9. The fourth-order valence-electron chi connectivity index (χ4n) is 1.94. The lowest BCUT2D eigenvalue weighted by atomic mass is 10.2. The fourth-order valence-corrected chi connectivity index (χ4v) is 1.94. The number of ether oxygens (including phenoxy) is 1. The molecule has 1 amide bonds. The number of rotatable bonds is 7. The van der Waals surface area contributed by atoms with Gasteiger partial charge in [0, 0.05) is 12.1 Å². The van der Waals surface area contributed by atoms with Crippen molar-refractivity contribution in [1.29, 1.82) is 0 Å². The number of aliphatic hydroxyl groups excluding tert-OH is 1. The standard InChI is InChI=1S/C18H21NO3/c1-14(20)11-12-19-18(21)16-7-9-17(10-8-16)22-13-15-5-3-2-4-6-15/h2-10,14,20H,11-13H2,1H3,(H,19,21). The third kappa shape index (κ3) is 5.22. The van der Waals surface area contributed by atoms with E-state index in [1.165, 1.54) is 0 Å². The molecule has 0 saturated carbocycles. The van der Waals surface area contributed by atoms with E-state index in [1.54, 1.807) is 31.2 Å². The molecule has 0 aliphatic heterocycles. The van der Waals surface area contributed by atoms with E-state index in [0.29, 0.717) is 25.1 Å².